The summed E-state index contributed by atoms with van der Waals surface area (Å²) in [5.74, 6) is 3.23. The van der Waals surface area contributed by atoms with Crippen molar-refractivity contribution in [2.75, 3.05) is 13.2 Å². The first-order valence-electron chi connectivity index (χ1n) is 6.86. The van der Waals surface area contributed by atoms with Crippen molar-refractivity contribution in [3.05, 3.63) is 45.9 Å². The van der Waals surface area contributed by atoms with Gasteiger partial charge in [-0.3, -0.25) is 0 Å². The summed E-state index contributed by atoms with van der Waals surface area (Å²) in [5.41, 5.74) is 2.02. The summed E-state index contributed by atoms with van der Waals surface area (Å²) in [6.07, 6.45) is 0.874. The van der Waals surface area contributed by atoms with E-state index in [0.717, 1.165) is 34.8 Å². The fraction of sp³-hybridized carbons (Fsp3) is 0.375. The number of hydrogen-bond acceptors (Lipinski definition) is 3. The number of fused-ring (bicyclic) bond motifs is 1. The van der Waals surface area contributed by atoms with Crippen molar-refractivity contribution in [2.45, 2.75) is 25.1 Å². The fourth-order valence-electron chi connectivity index (χ4n) is 2.46. The zero-order valence-electron chi connectivity index (χ0n) is 11.9. The lowest BCUT2D eigenvalue weighted by Gasteiger charge is -2.15. The van der Waals surface area contributed by atoms with Gasteiger partial charge in [-0.15, -0.1) is 0 Å². The van der Waals surface area contributed by atoms with E-state index in [0.29, 0.717) is 24.0 Å². The van der Waals surface area contributed by atoms with Gasteiger partial charge in [0.05, 0.1) is 18.0 Å². The van der Waals surface area contributed by atoms with Crippen molar-refractivity contribution < 1.29 is 13.9 Å². The molecular weight excluding hydrogens is 356 g/mol. The number of halogens is 2. The number of furan rings is 1. The van der Waals surface area contributed by atoms with E-state index in [1.165, 1.54) is 0 Å². The molecule has 0 amide bonds. The predicted molar refractivity (Wildman–Crippen MR) is 86.0 cm³/mol. The van der Waals surface area contributed by atoms with Crippen LogP contribution in [0.15, 0.2) is 22.6 Å². The Morgan fingerprint density at radius 1 is 1.05 bits per heavy atom. The van der Waals surface area contributed by atoms with Crippen molar-refractivity contribution >= 4 is 27.5 Å². The lowest BCUT2D eigenvalue weighted by molar-refractivity contribution is 0.297. The molecule has 0 saturated carbocycles. The molecule has 0 bridgehead atoms. The Bertz CT molecular complexity index is 666. The highest BCUT2D eigenvalue weighted by Crippen LogP contribution is 2.43. The van der Waals surface area contributed by atoms with Crippen LogP contribution < -0.4 is 9.47 Å². The Labute approximate surface area is 137 Å². The van der Waals surface area contributed by atoms with E-state index in [2.05, 4.69) is 15.9 Å². The average molecular weight is 372 g/mol. The molecule has 0 aliphatic carbocycles. The third-order valence-corrected chi connectivity index (χ3v) is 4.81. The molecule has 21 heavy (non-hydrogen) atoms. The summed E-state index contributed by atoms with van der Waals surface area (Å²) in [6, 6.07) is 5.80. The molecule has 2 heterocycles. The molecule has 0 N–H and O–H groups in total. The molecule has 1 aliphatic heterocycles. The van der Waals surface area contributed by atoms with E-state index in [4.69, 9.17) is 25.5 Å². The van der Waals surface area contributed by atoms with E-state index in [-0.39, 0.29) is 4.83 Å². The van der Waals surface area contributed by atoms with Gasteiger partial charge in [-0.25, -0.2) is 0 Å². The van der Waals surface area contributed by atoms with Crippen molar-refractivity contribution in [2.24, 2.45) is 0 Å². The van der Waals surface area contributed by atoms with Crippen molar-refractivity contribution in [1.82, 2.24) is 0 Å². The quantitative estimate of drug-likeness (QED) is 0.680. The molecule has 1 aliphatic rings. The third kappa shape index (κ3) is 2.92. The Morgan fingerprint density at radius 2 is 1.71 bits per heavy atom. The average Bonchev–Trinajstić information content (AvgIpc) is 2.64. The normalized spacial score (nSPS) is 15.6. The second-order valence-electron chi connectivity index (χ2n) is 5.10. The Kier molecular flexibility index (Phi) is 4.18. The molecular formula is C16H16BrClO3. The molecule has 3 nitrogen and oxygen atoms in total. The largest absolute Gasteiger partial charge is 0.490 e. The molecule has 1 atom stereocenters. The van der Waals surface area contributed by atoms with Crippen LogP contribution >= 0.6 is 27.5 Å². The van der Waals surface area contributed by atoms with E-state index < -0.39 is 0 Å². The molecule has 112 valence electrons. The van der Waals surface area contributed by atoms with Gasteiger partial charge in [0.2, 0.25) is 0 Å². The van der Waals surface area contributed by atoms with Crippen LogP contribution in [0.4, 0.5) is 0 Å². The monoisotopic (exact) mass is 370 g/mol. The minimum Gasteiger partial charge on any atom is -0.490 e. The first-order valence-corrected chi connectivity index (χ1v) is 8.15. The van der Waals surface area contributed by atoms with Crippen LogP contribution in [0.25, 0.3) is 0 Å². The maximum Gasteiger partial charge on any atom is 0.162 e. The van der Waals surface area contributed by atoms with E-state index in [1.807, 2.05) is 32.0 Å². The maximum absolute atomic E-state index is 6.42. The summed E-state index contributed by atoms with van der Waals surface area (Å²) in [5, 5.41) is 0.652. The topological polar surface area (TPSA) is 31.6 Å². The smallest absolute Gasteiger partial charge is 0.162 e. The van der Waals surface area contributed by atoms with Crippen LogP contribution in [0, 0.1) is 13.8 Å². The van der Waals surface area contributed by atoms with Crippen LogP contribution in [-0.2, 0) is 0 Å². The molecule has 0 saturated heterocycles. The number of hydrogen-bond donors (Lipinski definition) is 0. The Hall–Kier alpha value is -1.13. The minimum atomic E-state index is -0.0420. The van der Waals surface area contributed by atoms with Gasteiger partial charge in [-0.05, 0) is 31.5 Å². The van der Waals surface area contributed by atoms with Crippen LogP contribution in [0.3, 0.4) is 0 Å². The molecule has 0 fully saturated rings. The lowest BCUT2D eigenvalue weighted by atomic mass is 10.0. The number of rotatable bonds is 2. The SMILES string of the molecule is Cc1cc(C(Br)c2cc3c(cc2Cl)OCCCO3)c(C)o1. The number of aryl methyl sites for hydroxylation is 2. The van der Waals surface area contributed by atoms with E-state index >= 15 is 0 Å². The first kappa shape index (κ1) is 14.8. The lowest BCUT2D eigenvalue weighted by Crippen LogP contribution is -1.98. The van der Waals surface area contributed by atoms with Crippen LogP contribution in [0.1, 0.15) is 33.9 Å². The van der Waals surface area contributed by atoms with Gasteiger partial charge < -0.3 is 13.9 Å². The zero-order chi connectivity index (χ0) is 15.0. The second kappa shape index (κ2) is 5.93. The fourth-order valence-corrected chi connectivity index (χ4v) is 3.69. The van der Waals surface area contributed by atoms with Gasteiger partial charge in [-0.2, -0.15) is 0 Å². The van der Waals surface area contributed by atoms with E-state index in [9.17, 15) is 0 Å². The minimum absolute atomic E-state index is 0.0420. The predicted octanol–water partition coefficient (Wildman–Crippen LogP) is 5.20. The summed E-state index contributed by atoms with van der Waals surface area (Å²) in [4.78, 5) is -0.0420. The number of ether oxygens (including phenoxy) is 2. The highest BCUT2D eigenvalue weighted by atomic mass is 79.9. The molecule has 5 heteroatoms. The van der Waals surface area contributed by atoms with Gasteiger partial charge in [-0.1, -0.05) is 27.5 Å². The Balaban J connectivity index is 2.02. The van der Waals surface area contributed by atoms with Gasteiger partial charge in [0.1, 0.15) is 11.5 Å². The van der Waals surface area contributed by atoms with Gasteiger partial charge in [0, 0.05) is 23.1 Å². The summed E-state index contributed by atoms with van der Waals surface area (Å²) in [6.45, 7) is 5.20. The van der Waals surface area contributed by atoms with Gasteiger partial charge in [0.15, 0.2) is 11.5 Å². The van der Waals surface area contributed by atoms with Crippen molar-refractivity contribution in [1.29, 1.82) is 0 Å². The zero-order valence-corrected chi connectivity index (χ0v) is 14.3. The van der Waals surface area contributed by atoms with E-state index in [1.54, 1.807) is 0 Å². The molecule has 1 aromatic heterocycles. The van der Waals surface area contributed by atoms with Crippen molar-refractivity contribution in [3.8, 4) is 11.5 Å². The third-order valence-electron chi connectivity index (χ3n) is 3.49. The molecule has 2 aromatic rings. The number of benzene rings is 1. The molecule has 0 spiro atoms. The standard InChI is InChI=1S/C16H16BrClO3/c1-9-6-11(10(2)21-9)16(17)12-7-14-15(8-13(12)18)20-5-3-4-19-14/h6-8,16H,3-5H2,1-2H3. The first-order chi connectivity index (χ1) is 10.1. The van der Waals surface area contributed by atoms with Crippen molar-refractivity contribution in [3.63, 3.8) is 0 Å². The number of alkyl halides is 1. The van der Waals surface area contributed by atoms with Gasteiger partial charge >= 0.3 is 0 Å². The maximum atomic E-state index is 6.42. The van der Waals surface area contributed by atoms with Crippen LogP contribution in [0.2, 0.25) is 5.02 Å². The second-order valence-corrected chi connectivity index (χ2v) is 6.42. The summed E-state index contributed by atoms with van der Waals surface area (Å²) >= 11 is 10.1. The molecule has 0 radical (unpaired) electrons. The highest BCUT2D eigenvalue weighted by Gasteiger charge is 2.22. The molecule has 1 unspecified atom stereocenters. The highest BCUT2D eigenvalue weighted by molar-refractivity contribution is 9.09. The van der Waals surface area contributed by atoms with Gasteiger partial charge in [0.25, 0.3) is 0 Å². The van der Waals surface area contributed by atoms with Crippen LogP contribution in [-0.4, -0.2) is 13.2 Å². The summed E-state index contributed by atoms with van der Waals surface area (Å²) in [7, 11) is 0. The Morgan fingerprint density at radius 3 is 2.33 bits per heavy atom. The molecule has 3 rings (SSSR count). The molecule has 1 aromatic carbocycles. The van der Waals surface area contributed by atoms with Crippen LogP contribution in [0.5, 0.6) is 11.5 Å². The summed E-state index contributed by atoms with van der Waals surface area (Å²) < 4.78 is 17.0.